The first kappa shape index (κ1) is 18.1. The quantitative estimate of drug-likeness (QED) is 0.743. The first-order valence-electron chi connectivity index (χ1n) is 10.4. The van der Waals surface area contributed by atoms with Crippen LogP contribution in [0.4, 0.5) is 5.82 Å². The number of hydrogen-bond donors (Lipinski definition) is 1. The van der Waals surface area contributed by atoms with E-state index >= 15 is 0 Å². The van der Waals surface area contributed by atoms with Crippen molar-refractivity contribution < 1.29 is 0 Å². The largest absolute Gasteiger partial charge is 0.350 e. The van der Waals surface area contributed by atoms with E-state index in [9.17, 15) is 5.26 Å². The summed E-state index contributed by atoms with van der Waals surface area (Å²) in [5.41, 5.74) is 2.78. The van der Waals surface area contributed by atoms with Crippen molar-refractivity contribution >= 4 is 16.9 Å². The van der Waals surface area contributed by atoms with Gasteiger partial charge in [0.2, 0.25) is 0 Å². The predicted molar refractivity (Wildman–Crippen MR) is 112 cm³/mol. The molecule has 0 bridgehead atoms. The van der Waals surface area contributed by atoms with Crippen LogP contribution in [0.2, 0.25) is 0 Å². The summed E-state index contributed by atoms with van der Waals surface area (Å²) >= 11 is 0. The van der Waals surface area contributed by atoms with E-state index in [0.717, 1.165) is 35.8 Å². The zero-order valence-corrected chi connectivity index (χ0v) is 16.8. The molecule has 1 aliphatic heterocycles. The third-order valence-electron chi connectivity index (χ3n) is 6.30. The molecule has 148 valence electrons. The smallest absolute Gasteiger partial charge is 0.151 e. The number of nitriles is 1. The van der Waals surface area contributed by atoms with Crippen LogP contribution in [0.25, 0.3) is 16.9 Å². The van der Waals surface area contributed by atoms with E-state index in [4.69, 9.17) is 4.98 Å². The minimum atomic E-state index is 0.363. The van der Waals surface area contributed by atoms with Crippen LogP contribution in [-0.2, 0) is 0 Å². The van der Waals surface area contributed by atoms with Crippen molar-refractivity contribution in [2.75, 3.05) is 18.0 Å². The zero-order valence-electron chi connectivity index (χ0n) is 16.8. The molecule has 7 heteroatoms. The molecule has 5 rings (SSSR count). The molecule has 0 unspecified atom stereocenters. The van der Waals surface area contributed by atoms with Crippen molar-refractivity contribution in [3.63, 3.8) is 0 Å². The van der Waals surface area contributed by atoms with E-state index in [1.807, 2.05) is 10.6 Å². The van der Waals surface area contributed by atoms with E-state index < -0.39 is 0 Å². The van der Waals surface area contributed by atoms with Crippen molar-refractivity contribution in [2.45, 2.75) is 51.1 Å². The second-order valence-corrected chi connectivity index (χ2v) is 8.30. The third kappa shape index (κ3) is 3.04. The van der Waals surface area contributed by atoms with Crippen LogP contribution in [0.5, 0.6) is 0 Å². The van der Waals surface area contributed by atoms with E-state index in [1.165, 1.54) is 24.8 Å². The average Bonchev–Trinajstić information content (AvgIpc) is 3.08. The number of rotatable bonds is 3. The number of piperazine rings is 1. The van der Waals surface area contributed by atoms with Crippen molar-refractivity contribution in [1.82, 2.24) is 24.8 Å². The average molecular weight is 387 g/mol. The van der Waals surface area contributed by atoms with Crippen molar-refractivity contribution in [2.24, 2.45) is 0 Å². The third-order valence-corrected chi connectivity index (χ3v) is 6.30. The SMILES string of the molecule is C[C@@H]1CN(c2ncnc3c2c(C2CCC2)cn3-c2cc(C#N)ccn2)[C@@H](C)CN1. The number of fused-ring (bicyclic) bond motifs is 1. The van der Waals surface area contributed by atoms with Gasteiger partial charge in [0.15, 0.2) is 5.65 Å². The maximum absolute atomic E-state index is 9.31. The van der Waals surface area contributed by atoms with Gasteiger partial charge in [0.05, 0.1) is 17.0 Å². The highest BCUT2D eigenvalue weighted by Crippen LogP contribution is 2.43. The minimum absolute atomic E-state index is 0.363. The Morgan fingerprint density at radius 2 is 2.07 bits per heavy atom. The lowest BCUT2D eigenvalue weighted by Gasteiger charge is -2.39. The maximum atomic E-state index is 9.31. The van der Waals surface area contributed by atoms with Crippen LogP contribution in [-0.4, -0.2) is 44.7 Å². The highest BCUT2D eigenvalue weighted by molar-refractivity contribution is 5.93. The number of anilines is 1. The summed E-state index contributed by atoms with van der Waals surface area (Å²) in [6.07, 6.45) is 9.19. The normalized spacial score (nSPS) is 22.4. The van der Waals surface area contributed by atoms with Crippen LogP contribution in [0.3, 0.4) is 0 Å². The van der Waals surface area contributed by atoms with Gasteiger partial charge in [-0.1, -0.05) is 6.42 Å². The summed E-state index contributed by atoms with van der Waals surface area (Å²) < 4.78 is 2.03. The first-order valence-corrected chi connectivity index (χ1v) is 10.4. The summed E-state index contributed by atoms with van der Waals surface area (Å²) in [5.74, 6) is 2.29. The molecule has 1 saturated heterocycles. The van der Waals surface area contributed by atoms with Gasteiger partial charge in [0.1, 0.15) is 18.0 Å². The highest BCUT2D eigenvalue weighted by atomic mass is 15.3. The van der Waals surface area contributed by atoms with Crippen molar-refractivity contribution in [1.29, 1.82) is 5.26 Å². The summed E-state index contributed by atoms with van der Waals surface area (Å²) in [5, 5.41) is 14.0. The predicted octanol–water partition coefficient (Wildman–Crippen LogP) is 3.14. The van der Waals surface area contributed by atoms with Gasteiger partial charge < -0.3 is 10.2 Å². The lowest BCUT2D eigenvalue weighted by molar-refractivity contribution is 0.418. The van der Waals surface area contributed by atoms with Gasteiger partial charge >= 0.3 is 0 Å². The van der Waals surface area contributed by atoms with Crippen LogP contribution >= 0.6 is 0 Å². The first-order chi connectivity index (χ1) is 14.2. The number of pyridine rings is 1. The molecule has 2 fully saturated rings. The molecule has 0 radical (unpaired) electrons. The summed E-state index contributed by atoms with van der Waals surface area (Å²) in [4.78, 5) is 16.4. The van der Waals surface area contributed by atoms with Gasteiger partial charge in [-0.3, -0.25) is 4.57 Å². The number of aromatic nitrogens is 4. The van der Waals surface area contributed by atoms with Gasteiger partial charge in [-0.25, -0.2) is 15.0 Å². The standard InChI is InChI=1S/C22H25N7/c1-14-11-28(15(2)10-25-14)21-20-18(17-4-3-5-17)12-29(22(20)27-13-26-21)19-8-16(9-23)6-7-24-19/h6-8,12-15,17,25H,3-5,10-11H2,1-2H3/t14-,15+/m1/s1. The Labute approximate surface area is 170 Å². The molecule has 3 aromatic rings. The molecular weight excluding hydrogens is 362 g/mol. The fourth-order valence-electron chi connectivity index (χ4n) is 4.43. The lowest BCUT2D eigenvalue weighted by atomic mass is 9.80. The van der Waals surface area contributed by atoms with Crippen molar-refractivity contribution in [3.8, 4) is 11.9 Å². The van der Waals surface area contributed by atoms with Crippen molar-refractivity contribution in [3.05, 3.63) is 42.0 Å². The molecule has 1 aliphatic carbocycles. The fourth-order valence-corrected chi connectivity index (χ4v) is 4.43. The molecule has 3 aromatic heterocycles. The molecule has 0 spiro atoms. The molecule has 7 nitrogen and oxygen atoms in total. The van der Waals surface area contributed by atoms with Crippen LogP contribution < -0.4 is 10.2 Å². The Hall–Kier alpha value is -2.98. The minimum Gasteiger partial charge on any atom is -0.350 e. The molecule has 2 aliphatic rings. The second-order valence-electron chi connectivity index (χ2n) is 8.30. The lowest BCUT2D eigenvalue weighted by Crippen LogP contribution is -2.54. The maximum Gasteiger partial charge on any atom is 0.151 e. The molecule has 0 amide bonds. The van der Waals surface area contributed by atoms with Gasteiger partial charge in [0.25, 0.3) is 0 Å². The Morgan fingerprint density at radius 1 is 1.21 bits per heavy atom. The highest BCUT2D eigenvalue weighted by Gasteiger charge is 2.31. The van der Waals surface area contributed by atoms with Crippen LogP contribution in [0, 0.1) is 11.3 Å². The molecule has 2 atom stereocenters. The Morgan fingerprint density at radius 3 is 2.83 bits per heavy atom. The topological polar surface area (TPSA) is 82.7 Å². The Bertz CT molecular complexity index is 1090. The second kappa shape index (κ2) is 7.12. The van der Waals surface area contributed by atoms with E-state index in [-0.39, 0.29) is 0 Å². The molecule has 1 N–H and O–H groups in total. The molecular formula is C22H25N7. The summed E-state index contributed by atoms with van der Waals surface area (Å²) in [6.45, 7) is 6.32. The Kier molecular flexibility index (Phi) is 4.44. The fraction of sp³-hybridized carbons (Fsp3) is 0.455. The Balaban J connectivity index is 1.72. The van der Waals surface area contributed by atoms with E-state index in [0.29, 0.717) is 23.6 Å². The van der Waals surface area contributed by atoms with Gasteiger partial charge in [0, 0.05) is 37.6 Å². The number of hydrogen-bond acceptors (Lipinski definition) is 6. The molecule has 1 saturated carbocycles. The van der Waals surface area contributed by atoms with E-state index in [1.54, 1.807) is 18.6 Å². The van der Waals surface area contributed by atoms with Gasteiger partial charge in [-0.05, 0) is 50.3 Å². The van der Waals surface area contributed by atoms with Crippen LogP contribution in [0.1, 0.15) is 50.2 Å². The van der Waals surface area contributed by atoms with Crippen LogP contribution in [0.15, 0.2) is 30.9 Å². The number of nitrogens with zero attached hydrogens (tertiary/aromatic N) is 6. The van der Waals surface area contributed by atoms with Gasteiger partial charge in [-0.2, -0.15) is 5.26 Å². The zero-order chi connectivity index (χ0) is 20.0. The molecule has 4 heterocycles. The molecule has 0 aromatic carbocycles. The van der Waals surface area contributed by atoms with E-state index in [2.05, 4.69) is 46.3 Å². The summed E-state index contributed by atoms with van der Waals surface area (Å²) in [7, 11) is 0. The number of nitrogens with one attached hydrogen (secondary N) is 1. The van der Waals surface area contributed by atoms with Gasteiger partial charge in [-0.15, -0.1) is 0 Å². The summed E-state index contributed by atoms with van der Waals surface area (Å²) in [6, 6.07) is 6.54. The monoisotopic (exact) mass is 387 g/mol. The molecule has 29 heavy (non-hydrogen) atoms.